The number of rotatable bonds is 6. The van der Waals surface area contributed by atoms with Crippen LogP contribution >= 0.6 is 0 Å². The number of H-pyrrole nitrogens is 1. The Morgan fingerprint density at radius 3 is 2.46 bits per heavy atom. The van der Waals surface area contributed by atoms with E-state index in [4.69, 9.17) is 10.0 Å². The summed E-state index contributed by atoms with van der Waals surface area (Å²) in [5, 5.41) is 24.3. The minimum Gasteiger partial charge on any atom is -0.423 e. The smallest absolute Gasteiger partial charge is 0.423 e. The molecule has 0 atom stereocenters. The second kappa shape index (κ2) is 9.86. The molecule has 9 heteroatoms. The monoisotopic (exact) mass is 383 g/mol. The Bertz CT molecular complexity index is 910. The van der Waals surface area contributed by atoms with Crippen LogP contribution in [0.25, 0.3) is 11.0 Å². The first-order valence-electron chi connectivity index (χ1n) is 9.27. The van der Waals surface area contributed by atoms with Gasteiger partial charge in [-0.05, 0) is 24.9 Å². The summed E-state index contributed by atoms with van der Waals surface area (Å²) >= 11 is 0. The highest BCUT2D eigenvalue weighted by Crippen LogP contribution is 2.21. The van der Waals surface area contributed by atoms with Crippen molar-refractivity contribution in [3.05, 3.63) is 47.9 Å². The number of carbonyl (C=O) groups is 1. The number of benzene rings is 1. The van der Waals surface area contributed by atoms with E-state index in [1.807, 2.05) is 27.7 Å². The van der Waals surface area contributed by atoms with Gasteiger partial charge in [0.25, 0.3) is 5.91 Å². The van der Waals surface area contributed by atoms with Gasteiger partial charge in [0.15, 0.2) is 5.82 Å². The molecule has 148 valence electrons. The number of anilines is 1. The van der Waals surface area contributed by atoms with Crippen LogP contribution in [0, 0.1) is 0 Å². The van der Waals surface area contributed by atoms with E-state index in [9.17, 15) is 4.79 Å². The first kappa shape index (κ1) is 21.4. The third-order valence-corrected chi connectivity index (χ3v) is 3.87. The highest BCUT2D eigenvalue weighted by Gasteiger charge is 2.16. The predicted molar refractivity (Wildman–Crippen MR) is 111 cm³/mol. The van der Waals surface area contributed by atoms with Gasteiger partial charge in [-0.25, -0.2) is 9.97 Å². The lowest BCUT2D eigenvalue weighted by Gasteiger charge is -2.08. The summed E-state index contributed by atoms with van der Waals surface area (Å²) in [6, 6.07) is 6.94. The van der Waals surface area contributed by atoms with Crippen molar-refractivity contribution in [2.24, 2.45) is 0 Å². The maximum absolute atomic E-state index is 12.3. The van der Waals surface area contributed by atoms with Crippen LogP contribution in [0.5, 0.6) is 0 Å². The summed E-state index contributed by atoms with van der Waals surface area (Å²) in [5.74, 6) is 0.402. The predicted octanol–water partition coefficient (Wildman–Crippen LogP) is 1.41. The van der Waals surface area contributed by atoms with Gasteiger partial charge in [-0.1, -0.05) is 38.1 Å². The molecular formula is C19H26BN5O3. The van der Waals surface area contributed by atoms with Crippen LogP contribution in [0.2, 0.25) is 0 Å². The molecule has 0 saturated carbocycles. The van der Waals surface area contributed by atoms with Crippen molar-refractivity contribution in [3.8, 4) is 0 Å². The van der Waals surface area contributed by atoms with Crippen molar-refractivity contribution < 1.29 is 14.8 Å². The number of aromatic amines is 1. The van der Waals surface area contributed by atoms with E-state index in [0.29, 0.717) is 34.4 Å². The fourth-order valence-electron chi connectivity index (χ4n) is 2.58. The molecule has 2 heterocycles. The van der Waals surface area contributed by atoms with Crippen LogP contribution in [0.15, 0.2) is 36.8 Å². The van der Waals surface area contributed by atoms with E-state index in [2.05, 4.69) is 25.6 Å². The zero-order valence-electron chi connectivity index (χ0n) is 16.5. The summed E-state index contributed by atoms with van der Waals surface area (Å²) in [7, 11) is -1.48. The Morgan fingerprint density at radius 1 is 1.18 bits per heavy atom. The van der Waals surface area contributed by atoms with Gasteiger partial charge < -0.3 is 25.7 Å². The molecule has 2 aromatic heterocycles. The second-order valence-corrected chi connectivity index (χ2v) is 6.25. The van der Waals surface area contributed by atoms with Crippen molar-refractivity contribution in [2.75, 3.05) is 5.32 Å². The molecule has 3 aromatic rings. The maximum Gasteiger partial charge on any atom is 0.488 e. The minimum absolute atomic E-state index is 0.0345. The van der Waals surface area contributed by atoms with Crippen LogP contribution in [-0.4, -0.2) is 44.1 Å². The summed E-state index contributed by atoms with van der Waals surface area (Å²) in [6.07, 6.45) is 3.04. The van der Waals surface area contributed by atoms with Crippen LogP contribution in [-0.2, 0) is 6.54 Å². The number of hydrogen-bond donors (Lipinski definition) is 5. The van der Waals surface area contributed by atoms with E-state index in [1.165, 1.54) is 6.33 Å². The minimum atomic E-state index is -1.48. The third-order valence-electron chi connectivity index (χ3n) is 3.87. The zero-order chi connectivity index (χ0) is 20.7. The van der Waals surface area contributed by atoms with Gasteiger partial charge in [-0.3, -0.25) is 4.79 Å². The fourth-order valence-corrected chi connectivity index (χ4v) is 2.58. The van der Waals surface area contributed by atoms with Crippen molar-refractivity contribution in [1.29, 1.82) is 0 Å². The summed E-state index contributed by atoms with van der Waals surface area (Å²) in [5.41, 5.74) is 3.07. The molecule has 0 fully saturated rings. The molecule has 0 unspecified atom stereocenters. The molecule has 0 saturated heterocycles. The average molecular weight is 383 g/mol. The third kappa shape index (κ3) is 5.08. The van der Waals surface area contributed by atoms with Crippen LogP contribution < -0.4 is 16.1 Å². The molecule has 0 radical (unpaired) electrons. The lowest BCUT2D eigenvalue weighted by atomic mass is 9.80. The Kier molecular flexibility index (Phi) is 7.54. The number of aromatic nitrogens is 3. The standard InChI is InChI=1S/C17H20BN5O3.C2H6/c1-10(2)23-17(24)13-8-19-15-14(13)21-9-22-16(15)20-7-11-3-5-12(6-4-11)18(25)26;1-2/h3-6,8-10,19,25-26H,7H2,1-2H3,(H,23,24)(H,20,21,22);1-2H3. The van der Waals surface area contributed by atoms with Crippen molar-refractivity contribution in [3.63, 3.8) is 0 Å². The summed E-state index contributed by atoms with van der Waals surface area (Å²) < 4.78 is 0. The number of nitrogens with zero attached hydrogens (tertiary/aromatic N) is 2. The first-order chi connectivity index (χ1) is 13.5. The summed E-state index contributed by atoms with van der Waals surface area (Å²) in [6.45, 7) is 8.28. The van der Waals surface area contributed by atoms with E-state index in [1.54, 1.807) is 30.5 Å². The molecule has 1 amide bonds. The largest absolute Gasteiger partial charge is 0.488 e. The molecule has 0 spiro atoms. The Labute approximate surface area is 164 Å². The number of nitrogens with one attached hydrogen (secondary N) is 3. The quantitative estimate of drug-likeness (QED) is 0.410. The molecular weight excluding hydrogens is 357 g/mol. The summed E-state index contributed by atoms with van der Waals surface area (Å²) in [4.78, 5) is 23.8. The molecule has 0 aliphatic heterocycles. The first-order valence-corrected chi connectivity index (χ1v) is 9.27. The molecule has 5 N–H and O–H groups in total. The number of amides is 1. The normalized spacial score (nSPS) is 10.4. The number of carbonyl (C=O) groups excluding carboxylic acids is 1. The molecule has 8 nitrogen and oxygen atoms in total. The number of hydrogen-bond acceptors (Lipinski definition) is 6. The molecule has 0 aliphatic carbocycles. The molecule has 1 aromatic carbocycles. The lowest BCUT2D eigenvalue weighted by molar-refractivity contribution is 0.0944. The van der Waals surface area contributed by atoms with E-state index in [0.717, 1.165) is 5.56 Å². The zero-order valence-corrected chi connectivity index (χ0v) is 16.5. The Hall–Kier alpha value is -2.91. The van der Waals surface area contributed by atoms with E-state index < -0.39 is 7.12 Å². The lowest BCUT2D eigenvalue weighted by Crippen LogP contribution is -2.29. The van der Waals surface area contributed by atoms with E-state index >= 15 is 0 Å². The maximum atomic E-state index is 12.3. The Balaban J connectivity index is 0.00000136. The van der Waals surface area contributed by atoms with Crippen LogP contribution in [0.4, 0.5) is 5.82 Å². The molecule has 0 bridgehead atoms. The van der Waals surface area contributed by atoms with Gasteiger partial charge in [-0.15, -0.1) is 0 Å². The SMILES string of the molecule is CC.CC(C)NC(=O)c1c[nH]c2c(NCc3ccc(B(O)O)cc3)ncnc12. The van der Waals surface area contributed by atoms with Gasteiger partial charge in [-0.2, -0.15) is 0 Å². The highest BCUT2D eigenvalue weighted by molar-refractivity contribution is 6.58. The Morgan fingerprint density at radius 2 is 1.86 bits per heavy atom. The van der Waals surface area contributed by atoms with Gasteiger partial charge >= 0.3 is 7.12 Å². The number of fused-ring (bicyclic) bond motifs is 1. The molecule has 3 rings (SSSR count). The topological polar surface area (TPSA) is 123 Å². The van der Waals surface area contributed by atoms with Crippen LogP contribution in [0.3, 0.4) is 0 Å². The molecule has 0 aliphatic rings. The van der Waals surface area contributed by atoms with Gasteiger partial charge in [0.2, 0.25) is 0 Å². The van der Waals surface area contributed by atoms with Crippen molar-refractivity contribution in [2.45, 2.75) is 40.3 Å². The van der Waals surface area contributed by atoms with Crippen molar-refractivity contribution >= 4 is 35.3 Å². The van der Waals surface area contributed by atoms with Gasteiger partial charge in [0.05, 0.1) is 5.56 Å². The molecule has 28 heavy (non-hydrogen) atoms. The van der Waals surface area contributed by atoms with Crippen LogP contribution in [0.1, 0.15) is 43.6 Å². The van der Waals surface area contributed by atoms with Crippen molar-refractivity contribution in [1.82, 2.24) is 20.3 Å². The average Bonchev–Trinajstić information content (AvgIpc) is 3.12. The van der Waals surface area contributed by atoms with Gasteiger partial charge in [0.1, 0.15) is 17.4 Å². The fraction of sp³-hybridized carbons (Fsp3) is 0.316. The highest BCUT2D eigenvalue weighted by atomic mass is 16.4. The van der Waals surface area contributed by atoms with E-state index in [-0.39, 0.29) is 11.9 Å². The van der Waals surface area contributed by atoms with Gasteiger partial charge in [0, 0.05) is 18.8 Å². The second-order valence-electron chi connectivity index (χ2n) is 6.25.